The SMILES string of the molecule is CC.CCCn1c2c(c3cccc(CC)c31)CN(C)CC2. The second-order valence-corrected chi connectivity index (χ2v) is 5.73. The Bertz CT molecular complexity index is 595. The minimum absolute atomic E-state index is 1.11. The molecule has 0 aliphatic carbocycles. The summed E-state index contributed by atoms with van der Waals surface area (Å²) in [5, 5.41) is 1.49. The molecule has 2 heterocycles. The zero-order chi connectivity index (χ0) is 15.4. The molecule has 0 amide bonds. The van der Waals surface area contributed by atoms with Crippen LogP contribution in [-0.2, 0) is 25.9 Å². The highest BCUT2D eigenvalue weighted by Gasteiger charge is 2.22. The first kappa shape index (κ1) is 16.1. The van der Waals surface area contributed by atoms with Crippen LogP contribution in [0, 0.1) is 0 Å². The number of nitrogens with zero attached hydrogens (tertiary/aromatic N) is 2. The summed E-state index contributed by atoms with van der Waals surface area (Å²) in [5.74, 6) is 0. The van der Waals surface area contributed by atoms with Crippen LogP contribution >= 0.6 is 0 Å². The highest BCUT2D eigenvalue weighted by Crippen LogP contribution is 2.33. The first-order valence-electron chi connectivity index (χ1n) is 8.56. The fourth-order valence-electron chi connectivity index (χ4n) is 3.47. The summed E-state index contributed by atoms with van der Waals surface area (Å²) in [6.45, 7) is 12.0. The van der Waals surface area contributed by atoms with E-state index >= 15 is 0 Å². The van der Waals surface area contributed by atoms with E-state index in [0.29, 0.717) is 0 Å². The van der Waals surface area contributed by atoms with Gasteiger partial charge in [-0.05, 0) is 31.0 Å². The molecule has 2 heteroatoms. The van der Waals surface area contributed by atoms with Gasteiger partial charge in [-0.3, -0.25) is 0 Å². The molecular formula is C19H30N2. The smallest absolute Gasteiger partial charge is 0.0518 e. The number of hydrogen-bond acceptors (Lipinski definition) is 1. The van der Waals surface area contributed by atoms with E-state index < -0.39 is 0 Å². The van der Waals surface area contributed by atoms with Crippen molar-refractivity contribution in [2.24, 2.45) is 0 Å². The molecule has 21 heavy (non-hydrogen) atoms. The van der Waals surface area contributed by atoms with Gasteiger partial charge in [-0.15, -0.1) is 0 Å². The van der Waals surface area contributed by atoms with Crippen LogP contribution in [0.15, 0.2) is 18.2 Å². The van der Waals surface area contributed by atoms with E-state index in [4.69, 9.17) is 0 Å². The third-order valence-electron chi connectivity index (χ3n) is 4.38. The maximum absolute atomic E-state index is 2.61. The average molecular weight is 286 g/mol. The van der Waals surface area contributed by atoms with Crippen LogP contribution in [0.25, 0.3) is 10.9 Å². The van der Waals surface area contributed by atoms with Crippen molar-refractivity contribution < 1.29 is 0 Å². The van der Waals surface area contributed by atoms with Gasteiger partial charge in [0.2, 0.25) is 0 Å². The van der Waals surface area contributed by atoms with Gasteiger partial charge in [0, 0.05) is 37.1 Å². The van der Waals surface area contributed by atoms with Crippen molar-refractivity contribution in [2.45, 2.75) is 60.0 Å². The molecular weight excluding hydrogens is 256 g/mol. The van der Waals surface area contributed by atoms with Gasteiger partial charge in [0.15, 0.2) is 0 Å². The molecule has 0 bridgehead atoms. The van der Waals surface area contributed by atoms with Crippen LogP contribution in [0.3, 0.4) is 0 Å². The van der Waals surface area contributed by atoms with Crippen molar-refractivity contribution in [3.8, 4) is 0 Å². The summed E-state index contributed by atoms with van der Waals surface area (Å²) in [4.78, 5) is 2.44. The Labute approximate surface area is 129 Å². The lowest BCUT2D eigenvalue weighted by Crippen LogP contribution is -2.27. The van der Waals surface area contributed by atoms with Crippen molar-refractivity contribution in [1.29, 1.82) is 0 Å². The number of benzene rings is 1. The molecule has 0 fully saturated rings. The second-order valence-electron chi connectivity index (χ2n) is 5.73. The Kier molecular flexibility index (Phi) is 5.46. The van der Waals surface area contributed by atoms with Crippen molar-refractivity contribution in [1.82, 2.24) is 9.47 Å². The summed E-state index contributed by atoms with van der Waals surface area (Å²) >= 11 is 0. The van der Waals surface area contributed by atoms with E-state index in [0.717, 1.165) is 19.5 Å². The number of hydrogen-bond donors (Lipinski definition) is 0. The molecule has 0 radical (unpaired) electrons. The summed E-state index contributed by atoms with van der Waals surface area (Å²) in [5.41, 5.74) is 6.18. The maximum atomic E-state index is 2.61. The van der Waals surface area contributed by atoms with Crippen molar-refractivity contribution in [3.05, 3.63) is 35.0 Å². The third-order valence-corrected chi connectivity index (χ3v) is 4.38. The molecule has 2 nitrogen and oxygen atoms in total. The lowest BCUT2D eigenvalue weighted by Gasteiger charge is -2.24. The van der Waals surface area contributed by atoms with Gasteiger partial charge < -0.3 is 9.47 Å². The number of fused-ring (bicyclic) bond motifs is 3. The molecule has 0 atom stereocenters. The molecule has 1 aromatic heterocycles. The molecule has 0 spiro atoms. The summed E-state index contributed by atoms with van der Waals surface area (Å²) in [6, 6.07) is 6.84. The van der Waals surface area contributed by atoms with Gasteiger partial charge in [-0.1, -0.05) is 45.9 Å². The monoisotopic (exact) mass is 286 g/mol. The predicted octanol–water partition coefficient (Wildman–Crippen LogP) is 4.63. The molecule has 0 saturated heterocycles. The van der Waals surface area contributed by atoms with Crippen LogP contribution in [0.2, 0.25) is 0 Å². The average Bonchev–Trinajstić information content (AvgIpc) is 2.83. The minimum atomic E-state index is 1.11. The summed E-state index contributed by atoms with van der Waals surface area (Å²) < 4.78 is 2.61. The zero-order valence-corrected chi connectivity index (χ0v) is 14.4. The maximum Gasteiger partial charge on any atom is 0.0518 e. The number of aryl methyl sites for hydroxylation is 2. The molecule has 2 aromatic rings. The minimum Gasteiger partial charge on any atom is -0.344 e. The molecule has 1 aliphatic rings. The number of para-hydroxylation sites is 1. The molecule has 0 saturated carbocycles. The Balaban J connectivity index is 0.000000774. The van der Waals surface area contributed by atoms with E-state index in [1.54, 1.807) is 11.3 Å². The van der Waals surface area contributed by atoms with Gasteiger partial charge in [0.05, 0.1) is 5.52 Å². The van der Waals surface area contributed by atoms with Crippen molar-refractivity contribution >= 4 is 10.9 Å². The summed E-state index contributed by atoms with van der Waals surface area (Å²) in [6.07, 6.45) is 3.54. The van der Waals surface area contributed by atoms with Gasteiger partial charge in [-0.25, -0.2) is 0 Å². The number of likely N-dealkylation sites (N-methyl/N-ethyl adjacent to an activating group) is 1. The molecule has 3 rings (SSSR count). The van der Waals surface area contributed by atoms with E-state index in [1.807, 2.05) is 13.8 Å². The van der Waals surface area contributed by atoms with E-state index in [-0.39, 0.29) is 0 Å². The summed E-state index contributed by atoms with van der Waals surface area (Å²) in [7, 11) is 2.23. The first-order chi connectivity index (χ1) is 10.3. The number of aromatic nitrogens is 1. The lowest BCUT2D eigenvalue weighted by atomic mass is 10.0. The topological polar surface area (TPSA) is 8.17 Å². The molecule has 1 aliphatic heterocycles. The van der Waals surface area contributed by atoms with E-state index in [1.165, 1.54) is 35.9 Å². The highest BCUT2D eigenvalue weighted by molar-refractivity contribution is 5.88. The van der Waals surface area contributed by atoms with Gasteiger partial charge >= 0.3 is 0 Å². The first-order valence-corrected chi connectivity index (χ1v) is 8.56. The predicted molar refractivity (Wildman–Crippen MR) is 93.0 cm³/mol. The fourth-order valence-corrected chi connectivity index (χ4v) is 3.47. The van der Waals surface area contributed by atoms with Crippen molar-refractivity contribution in [2.75, 3.05) is 13.6 Å². The molecule has 0 N–H and O–H groups in total. The van der Waals surface area contributed by atoms with Gasteiger partial charge in [0.25, 0.3) is 0 Å². The third kappa shape index (κ3) is 2.87. The Morgan fingerprint density at radius 2 is 1.90 bits per heavy atom. The van der Waals surface area contributed by atoms with Crippen LogP contribution in [0.4, 0.5) is 0 Å². The molecule has 0 unspecified atom stereocenters. The highest BCUT2D eigenvalue weighted by atomic mass is 15.1. The zero-order valence-electron chi connectivity index (χ0n) is 14.4. The van der Waals surface area contributed by atoms with Crippen molar-refractivity contribution in [3.63, 3.8) is 0 Å². The van der Waals surface area contributed by atoms with Gasteiger partial charge in [-0.2, -0.15) is 0 Å². The second kappa shape index (κ2) is 7.13. The van der Waals surface area contributed by atoms with Gasteiger partial charge in [0.1, 0.15) is 0 Å². The van der Waals surface area contributed by atoms with E-state index in [9.17, 15) is 0 Å². The molecule has 1 aromatic carbocycles. The van der Waals surface area contributed by atoms with Crippen LogP contribution in [0.5, 0.6) is 0 Å². The molecule has 116 valence electrons. The fraction of sp³-hybridized carbons (Fsp3) is 0.579. The Morgan fingerprint density at radius 3 is 2.57 bits per heavy atom. The van der Waals surface area contributed by atoms with Crippen LogP contribution < -0.4 is 0 Å². The standard InChI is InChI=1S/C17H24N2.C2H6/c1-4-10-19-16-9-11-18(3)12-15(16)14-8-6-7-13(5-2)17(14)19;1-2/h6-8H,4-5,9-12H2,1-3H3;1-2H3. The van der Waals surface area contributed by atoms with E-state index in [2.05, 4.69) is 48.6 Å². The normalized spacial score (nSPS) is 14.7. The van der Waals surface area contributed by atoms with Crippen LogP contribution in [-0.4, -0.2) is 23.1 Å². The quantitative estimate of drug-likeness (QED) is 0.799. The van der Waals surface area contributed by atoms with Crippen LogP contribution in [0.1, 0.15) is 50.9 Å². The number of rotatable bonds is 3. The lowest BCUT2D eigenvalue weighted by molar-refractivity contribution is 0.309. The largest absolute Gasteiger partial charge is 0.344 e. The Hall–Kier alpha value is -1.28. The Morgan fingerprint density at radius 1 is 1.14 bits per heavy atom.